The van der Waals surface area contributed by atoms with Crippen LogP contribution in [0.15, 0.2) is 46.6 Å². The van der Waals surface area contributed by atoms with Crippen LogP contribution in [0.2, 0.25) is 0 Å². The minimum absolute atomic E-state index is 0.229. The molecule has 126 valence electrons. The molecule has 3 N–H and O–H groups in total. The number of hydrogen-bond acceptors (Lipinski definition) is 4. The van der Waals surface area contributed by atoms with Crippen molar-refractivity contribution in [2.45, 2.75) is 39.3 Å². The summed E-state index contributed by atoms with van der Waals surface area (Å²) in [4.78, 5) is 19.5. The topological polar surface area (TPSA) is 94.0 Å². The van der Waals surface area contributed by atoms with Crippen molar-refractivity contribution >= 4 is 11.2 Å². The SMILES string of the molecule is CCCCCn1c(=O)[nH]/c(=N\N)c2c1ncn2Cc1ccccc1. The molecule has 0 saturated carbocycles. The van der Waals surface area contributed by atoms with Gasteiger partial charge in [0.2, 0.25) is 0 Å². The number of H-pyrrole nitrogens is 1. The molecule has 0 spiro atoms. The molecule has 0 aliphatic rings. The molecule has 3 aromatic rings. The van der Waals surface area contributed by atoms with Crippen LogP contribution in [0.25, 0.3) is 11.2 Å². The number of hydrogen-bond donors (Lipinski definition) is 2. The quantitative estimate of drug-likeness (QED) is 0.409. The molecule has 0 saturated heterocycles. The third-order valence-corrected chi connectivity index (χ3v) is 4.08. The minimum atomic E-state index is -0.229. The monoisotopic (exact) mass is 326 g/mol. The van der Waals surface area contributed by atoms with Gasteiger partial charge in [-0.25, -0.2) is 9.78 Å². The fraction of sp³-hybridized carbons (Fsp3) is 0.353. The van der Waals surface area contributed by atoms with Crippen LogP contribution >= 0.6 is 0 Å². The summed E-state index contributed by atoms with van der Waals surface area (Å²) < 4.78 is 3.63. The van der Waals surface area contributed by atoms with Crippen LogP contribution in [-0.4, -0.2) is 19.1 Å². The number of imidazole rings is 1. The van der Waals surface area contributed by atoms with Crippen molar-refractivity contribution in [1.29, 1.82) is 0 Å². The number of aryl methyl sites for hydroxylation is 1. The van der Waals surface area contributed by atoms with Crippen LogP contribution in [0.1, 0.15) is 31.7 Å². The minimum Gasteiger partial charge on any atom is -0.322 e. The van der Waals surface area contributed by atoms with Gasteiger partial charge < -0.3 is 10.4 Å². The highest BCUT2D eigenvalue weighted by Gasteiger charge is 2.12. The molecule has 0 unspecified atom stereocenters. The Balaban J connectivity index is 2.09. The number of aromatic amines is 1. The highest BCUT2D eigenvalue weighted by molar-refractivity contribution is 5.69. The summed E-state index contributed by atoms with van der Waals surface area (Å²) in [7, 11) is 0. The normalized spacial score (nSPS) is 12.1. The zero-order chi connectivity index (χ0) is 16.9. The summed E-state index contributed by atoms with van der Waals surface area (Å²) in [6.07, 6.45) is 4.84. The Hall–Kier alpha value is -2.83. The van der Waals surface area contributed by atoms with Gasteiger partial charge in [0.1, 0.15) is 5.52 Å². The second kappa shape index (κ2) is 7.16. The Kier molecular flexibility index (Phi) is 4.79. The molecule has 0 fully saturated rings. The van der Waals surface area contributed by atoms with E-state index in [1.165, 1.54) is 0 Å². The third kappa shape index (κ3) is 3.10. The highest BCUT2D eigenvalue weighted by Crippen LogP contribution is 2.10. The van der Waals surface area contributed by atoms with Crippen LogP contribution in [0.4, 0.5) is 0 Å². The molecule has 0 atom stereocenters. The van der Waals surface area contributed by atoms with Gasteiger partial charge in [-0.05, 0) is 12.0 Å². The average molecular weight is 326 g/mol. The van der Waals surface area contributed by atoms with Gasteiger partial charge in [-0.15, -0.1) is 0 Å². The van der Waals surface area contributed by atoms with Gasteiger partial charge in [-0.2, -0.15) is 5.10 Å². The van der Waals surface area contributed by atoms with E-state index < -0.39 is 0 Å². The van der Waals surface area contributed by atoms with Crippen molar-refractivity contribution < 1.29 is 0 Å². The first-order valence-electron chi connectivity index (χ1n) is 8.20. The first kappa shape index (κ1) is 16.0. The van der Waals surface area contributed by atoms with Crippen LogP contribution < -0.4 is 17.0 Å². The van der Waals surface area contributed by atoms with Crippen LogP contribution in [0.5, 0.6) is 0 Å². The number of nitrogens with one attached hydrogen (secondary N) is 1. The second-order valence-electron chi connectivity index (χ2n) is 5.80. The molecule has 2 aromatic heterocycles. The van der Waals surface area contributed by atoms with Crippen LogP contribution in [0.3, 0.4) is 0 Å². The van der Waals surface area contributed by atoms with Crippen molar-refractivity contribution in [2.75, 3.05) is 0 Å². The van der Waals surface area contributed by atoms with Crippen molar-refractivity contribution in [1.82, 2.24) is 19.1 Å². The van der Waals surface area contributed by atoms with Crippen molar-refractivity contribution in [3.63, 3.8) is 0 Å². The summed E-state index contributed by atoms with van der Waals surface area (Å²) in [5.74, 6) is 5.48. The standard InChI is InChI=1S/C17H22N6O/c1-2-3-7-10-23-16-14(15(21-18)20-17(23)24)22(12-19-16)11-13-8-5-4-6-9-13/h4-6,8-9,12H,2-3,7,10-11,18H2,1H3,(H,20,21,24). The van der Waals surface area contributed by atoms with Gasteiger partial charge in [0.15, 0.2) is 11.1 Å². The van der Waals surface area contributed by atoms with Gasteiger partial charge in [-0.1, -0.05) is 50.1 Å². The van der Waals surface area contributed by atoms with Gasteiger partial charge in [0, 0.05) is 13.1 Å². The zero-order valence-corrected chi connectivity index (χ0v) is 13.8. The summed E-state index contributed by atoms with van der Waals surface area (Å²) >= 11 is 0. The molecule has 7 nitrogen and oxygen atoms in total. The summed E-state index contributed by atoms with van der Waals surface area (Å²) in [5, 5.41) is 3.74. The number of aromatic nitrogens is 4. The number of rotatable bonds is 6. The Morgan fingerprint density at radius 2 is 2.04 bits per heavy atom. The van der Waals surface area contributed by atoms with Crippen molar-refractivity contribution in [2.24, 2.45) is 10.9 Å². The van der Waals surface area contributed by atoms with Gasteiger partial charge in [-0.3, -0.25) is 9.55 Å². The lowest BCUT2D eigenvalue weighted by Crippen LogP contribution is -2.32. The van der Waals surface area contributed by atoms with E-state index in [2.05, 4.69) is 22.0 Å². The van der Waals surface area contributed by atoms with E-state index in [1.54, 1.807) is 10.9 Å². The molecule has 0 aliphatic carbocycles. The van der Waals surface area contributed by atoms with Gasteiger partial charge in [0.25, 0.3) is 0 Å². The van der Waals surface area contributed by atoms with E-state index in [9.17, 15) is 4.79 Å². The van der Waals surface area contributed by atoms with Gasteiger partial charge >= 0.3 is 5.69 Å². The maximum Gasteiger partial charge on any atom is 0.328 e. The average Bonchev–Trinajstić information content (AvgIpc) is 3.01. The number of unbranched alkanes of at least 4 members (excludes halogenated alkanes) is 2. The number of benzene rings is 1. The van der Waals surface area contributed by atoms with E-state index in [-0.39, 0.29) is 5.69 Å². The molecular formula is C17H22N6O. The molecule has 24 heavy (non-hydrogen) atoms. The molecule has 0 aliphatic heterocycles. The lowest BCUT2D eigenvalue weighted by Gasteiger charge is -2.08. The molecule has 2 heterocycles. The fourth-order valence-electron chi connectivity index (χ4n) is 2.86. The molecule has 3 rings (SSSR count). The van der Waals surface area contributed by atoms with Crippen molar-refractivity contribution in [3.8, 4) is 0 Å². The zero-order valence-electron chi connectivity index (χ0n) is 13.8. The molecule has 0 bridgehead atoms. The van der Waals surface area contributed by atoms with Gasteiger partial charge in [0.05, 0.1) is 6.33 Å². The number of nitrogens with zero attached hydrogens (tertiary/aromatic N) is 4. The summed E-state index contributed by atoms with van der Waals surface area (Å²) in [6, 6.07) is 10.1. The fourth-order valence-corrected chi connectivity index (χ4v) is 2.86. The Morgan fingerprint density at radius 1 is 1.25 bits per heavy atom. The predicted octanol–water partition coefficient (Wildman–Crippen LogP) is 1.54. The van der Waals surface area contributed by atoms with Crippen LogP contribution in [-0.2, 0) is 13.1 Å². The third-order valence-electron chi connectivity index (χ3n) is 4.08. The first-order chi connectivity index (χ1) is 11.7. The lowest BCUT2D eigenvalue weighted by atomic mass is 10.2. The highest BCUT2D eigenvalue weighted by atomic mass is 16.1. The maximum absolute atomic E-state index is 12.3. The number of nitrogens with two attached hydrogens (primary N) is 1. The molecular weight excluding hydrogens is 304 g/mol. The van der Waals surface area contributed by atoms with E-state index in [0.29, 0.717) is 24.2 Å². The van der Waals surface area contributed by atoms with E-state index in [1.807, 2.05) is 34.9 Å². The van der Waals surface area contributed by atoms with E-state index in [0.717, 1.165) is 30.3 Å². The largest absolute Gasteiger partial charge is 0.328 e. The first-order valence-corrected chi connectivity index (χ1v) is 8.20. The van der Waals surface area contributed by atoms with E-state index >= 15 is 0 Å². The molecule has 0 radical (unpaired) electrons. The maximum atomic E-state index is 12.3. The summed E-state index contributed by atoms with van der Waals surface area (Å²) in [5.41, 5.74) is 2.64. The lowest BCUT2D eigenvalue weighted by molar-refractivity contribution is 0.587. The molecule has 7 heteroatoms. The summed E-state index contributed by atoms with van der Waals surface area (Å²) in [6.45, 7) is 3.41. The van der Waals surface area contributed by atoms with Crippen molar-refractivity contribution in [3.05, 3.63) is 58.2 Å². The Bertz CT molecular complexity index is 935. The van der Waals surface area contributed by atoms with E-state index in [4.69, 9.17) is 5.84 Å². The number of fused-ring (bicyclic) bond motifs is 1. The molecule has 0 amide bonds. The Labute approximate surface area is 139 Å². The van der Waals surface area contributed by atoms with Crippen LogP contribution in [0, 0.1) is 0 Å². The smallest absolute Gasteiger partial charge is 0.322 e. The predicted molar refractivity (Wildman–Crippen MR) is 93.2 cm³/mol. The second-order valence-corrected chi connectivity index (χ2v) is 5.80. The molecule has 1 aromatic carbocycles. The Morgan fingerprint density at radius 3 is 2.75 bits per heavy atom.